The second-order valence-corrected chi connectivity index (χ2v) is 2.87. The van der Waals surface area contributed by atoms with Gasteiger partial charge in [0.25, 0.3) is 0 Å². The fraction of sp³-hybridized carbons (Fsp3) is 0.750. The number of aliphatic hydroxyl groups is 1. The summed E-state index contributed by atoms with van der Waals surface area (Å²) < 4.78 is 0. The van der Waals surface area contributed by atoms with E-state index in [0.29, 0.717) is 0 Å². The zero-order chi connectivity index (χ0) is 7.40. The van der Waals surface area contributed by atoms with Crippen LogP contribution in [0.15, 0.2) is 12.2 Å². The Morgan fingerprint density at radius 2 is 2.20 bits per heavy atom. The van der Waals surface area contributed by atoms with E-state index in [4.69, 9.17) is 5.73 Å². The third kappa shape index (κ3) is 2.12. The van der Waals surface area contributed by atoms with Crippen molar-refractivity contribution in [3.8, 4) is 0 Å². The minimum absolute atomic E-state index is 0.0449. The van der Waals surface area contributed by atoms with Crippen molar-refractivity contribution in [1.82, 2.24) is 0 Å². The van der Waals surface area contributed by atoms with Gasteiger partial charge >= 0.3 is 0 Å². The van der Waals surface area contributed by atoms with Crippen LogP contribution in [-0.4, -0.2) is 17.3 Å². The first-order valence-corrected chi connectivity index (χ1v) is 3.91. The van der Waals surface area contributed by atoms with Gasteiger partial charge in [0.05, 0.1) is 6.10 Å². The van der Waals surface area contributed by atoms with E-state index in [0.717, 1.165) is 19.3 Å². The lowest BCUT2D eigenvalue weighted by Crippen LogP contribution is -2.33. The molecular formula is C8H15NO. The number of hydrogen-bond acceptors (Lipinski definition) is 2. The van der Waals surface area contributed by atoms with Gasteiger partial charge in [0, 0.05) is 6.04 Å². The molecule has 0 aromatic rings. The highest BCUT2D eigenvalue weighted by Crippen LogP contribution is 2.10. The molecule has 58 valence electrons. The lowest BCUT2D eigenvalue weighted by Gasteiger charge is -2.16. The molecule has 0 fully saturated rings. The van der Waals surface area contributed by atoms with Gasteiger partial charge in [0.15, 0.2) is 0 Å². The normalized spacial score (nSPS) is 38.2. The van der Waals surface area contributed by atoms with Crippen LogP contribution < -0.4 is 5.73 Å². The van der Waals surface area contributed by atoms with Crippen LogP contribution in [0.25, 0.3) is 0 Å². The van der Waals surface area contributed by atoms with Gasteiger partial charge in [-0.05, 0) is 19.3 Å². The zero-order valence-electron chi connectivity index (χ0n) is 6.16. The summed E-state index contributed by atoms with van der Waals surface area (Å²) in [7, 11) is 0. The summed E-state index contributed by atoms with van der Waals surface area (Å²) in [6, 6.07) is -0.0449. The smallest absolute Gasteiger partial charge is 0.0871 e. The molecule has 10 heavy (non-hydrogen) atoms. The average molecular weight is 141 g/mol. The minimum Gasteiger partial charge on any atom is -0.387 e. The van der Waals surface area contributed by atoms with E-state index < -0.39 is 6.10 Å². The number of allylic oxidation sites excluding steroid dienone is 1. The third-order valence-electron chi connectivity index (χ3n) is 1.93. The standard InChI is InChI=1S/C8H15NO/c9-7-5-3-1-2-4-6-8(7)10/h4,6-8,10H,1-3,5,9H2/b6-4+. The maximum atomic E-state index is 9.27. The molecule has 2 atom stereocenters. The molecule has 0 bridgehead atoms. The zero-order valence-corrected chi connectivity index (χ0v) is 6.16. The number of nitrogens with two attached hydrogens (primary N) is 1. The number of aliphatic hydroxyl groups excluding tert-OH is 1. The Hall–Kier alpha value is -0.340. The molecule has 0 heterocycles. The van der Waals surface area contributed by atoms with Gasteiger partial charge in [-0.15, -0.1) is 0 Å². The topological polar surface area (TPSA) is 46.2 Å². The van der Waals surface area contributed by atoms with E-state index in [-0.39, 0.29) is 6.04 Å². The second kappa shape index (κ2) is 3.74. The Balaban J connectivity index is 2.44. The van der Waals surface area contributed by atoms with Crippen LogP contribution >= 0.6 is 0 Å². The lowest BCUT2D eigenvalue weighted by molar-refractivity contribution is 0.182. The van der Waals surface area contributed by atoms with Gasteiger partial charge in [-0.3, -0.25) is 0 Å². The van der Waals surface area contributed by atoms with Gasteiger partial charge in [-0.1, -0.05) is 18.6 Å². The van der Waals surface area contributed by atoms with Gasteiger partial charge in [-0.25, -0.2) is 0 Å². The average Bonchev–Trinajstić information content (AvgIpc) is 1.92. The Morgan fingerprint density at radius 3 is 3.00 bits per heavy atom. The molecule has 0 saturated carbocycles. The highest BCUT2D eigenvalue weighted by molar-refractivity contribution is 4.95. The summed E-state index contributed by atoms with van der Waals surface area (Å²) in [6.45, 7) is 0. The maximum Gasteiger partial charge on any atom is 0.0871 e. The Morgan fingerprint density at radius 1 is 1.40 bits per heavy atom. The molecule has 1 aliphatic carbocycles. The maximum absolute atomic E-state index is 9.27. The van der Waals surface area contributed by atoms with Gasteiger partial charge in [0.2, 0.25) is 0 Å². The van der Waals surface area contributed by atoms with Crippen molar-refractivity contribution in [3.63, 3.8) is 0 Å². The quantitative estimate of drug-likeness (QED) is 0.490. The summed E-state index contributed by atoms with van der Waals surface area (Å²) in [4.78, 5) is 0. The molecule has 1 aliphatic rings. The van der Waals surface area contributed by atoms with E-state index in [1.807, 2.05) is 12.2 Å². The fourth-order valence-corrected chi connectivity index (χ4v) is 1.19. The van der Waals surface area contributed by atoms with Crippen LogP contribution in [0.4, 0.5) is 0 Å². The summed E-state index contributed by atoms with van der Waals surface area (Å²) in [5.41, 5.74) is 5.65. The summed E-state index contributed by atoms with van der Waals surface area (Å²) in [5.74, 6) is 0. The van der Waals surface area contributed by atoms with Crippen molar-refractivity contribution < 1.29 is 5.11 Å². The van der Waals surface area contributed by atoms with Crippen LogP contribution in [0.5, 0.6) is 0 Å². The van der Waals surface area contributed by atoms with E-state index in [1.165, 1.54) is 6.42 Å². The van der Waals surface area contributed by atoms with Crippen LogP contribution in [0.1, 0.15) is 25.7 Å². The summed E-state index contributed by atoms with van der Waals surface area (Å²) >= 11 is 0. The minimum atomic E-state index is -0.416. The number of rotatable bonds is 0. The molecule has 0 radical (unpaired) electrons. The third-order valence-corrected chi connectivity index (χ3v) is 1.93. The molecule has 0 aromatic carbocycles. The molecular weight excluding hydrogens is 126 g/mol. The van der Waals surface area contributed by atoms with Crippen molar-refractivity contribution in [2.45, 2.75) is 37.8 Å². The van der Waals surface area contributed by atoms with E-state index >= 15 is 0 Å². The summed E-state index contributed by atoms with van der Waals surface area (Å²) in [6.07, 6.45) is 7.79. The molecule has 1 rings (SSSR count). The van der Waals surface area contributed by atoms with Crippen LogP contribution in [-0.2, 0) is 0 Å². The SMILES string of the molecule is NC1CCCC/C=C/C1O. The molecule has 2 nitrogen and oxygen atoms in total. The van der Waals surface area contributed by atoms with Gasteiger partial charge in [0.1, 0.15) is 0 Å². The molecule has 0 aliphatic heterocycles. The number of hydrogen-bond donors (Lipinski definition) is 2. The van der Waals surface area contributed by atoms with Crippen molar-refractivity contribution in [2.75, 3.05) is 0 Å². The molecule has 0 spiro atoms. The van der Waals surface area contributed by atoms with Gasteiger partial charge < -0.3 is 10.8 Å². The predicted octanol–water partition coefficient (Wildman–Crippen LogP) is 0.805. The van der Waals surface area contributed by atoms with E-state index in [1.54, 1.807) is 0 Å². The largest absolute Gasteiger partial charge is 0.387 e. The molecule has 0 saturated heterocycles. The summed E-state index contributed by atoms with van der Waals surface area (Å²) in [5, 5.41) is 9.27. The highest BCUT2D eigenvalue weighted by atomic mass is 16.3. The van der Waals surface area contributed by atoms with Crippen molar-refractivity contribution in [3.05, 3.63) is 12.2 Å². The Kier molecular flexibility index (Phi) is 2.90. The van der Waals surface area contributed by atoms with Crippen LogP contribution in [0.2, 0.25) is 0 Å². The Bertz CT molecular complexity index is 122. The van der Waals surface area contributed by atoms with Crippen molar-refractivity contribution >= 4 is 0 Å². The predicted molar refractivity (Wildman–Crippen MR) is 41.6 cm³/mol. The first-order valence-electron chi connectivity index (χ1n) is 3.91. The van der Waals surface area contributed by atoms with E-state index in [2.05, 4.69) is 0 Å². The first kappa shape index (κ1) is 7.76. The highest BCUT2D eigenvalue weighted by Gasteiger charge is 2.11. The second-order valence-electron chi connectivity index (χ2n) is 2.87. The fourth-order valence-electron chi connectivity index (χ4n) is 1.19. The van der Waals surface area contributed by atoms with Crippen molar-refractivity contribution in [1.29, 1.82) is 0 Å². The molecule has 0 amide bonds. The monoisotopic (exact) mass is 141 g/mol. The first-order chi connectivity index (χ1) is 4.80. The molecule has 2 unspecified atom stereocenters. The molecule has 2 heteroatoms. The lowest BCUT2D eigenvalue weighted by atomic mass is 10.0. The van der Waals surface area contributed by atoms with Gasteiger partial charge in [-0.2, -0.15) is 0 Å². The molecule has 3 N–H and O–H groups in total. The van der Waals surface area contributed by atoms with Crippen molar-refractivity contribution in [2.24, 2.45) is 5.73 Å². The molecule has 0 aromatic heterocycles. The van der Waals surface area contributed by atoms with Crippen LogP contribution in [0, 0.1) is 0 Å². The van der Waals surface area contributed by atoms with E-state index in [9.17, 15) is 5.11 Å². The van der Waals surface area contributed by atoms with Crippen LogP contribution in [0.3, 0.4) is 0 Å². The Labute approximate surface area is 61.7 Å².